The van der Waals surface area contributed by atoms with Crippen LogP contribution in [-0.4, -0.2) is 41.5 Å². The maximum absolute atomic E-state index is 12.3. The predicted molar refractivity (Wildman–Crippen MR) is 106 cm³/mol. The van der Waals surface area contributed by atoms with Gasteiger partial charge in [0.05, 0.1) is 0 Å². The van der Waals surface area contributed by atoms with Gasteiger partial charge in [0.15, 0.2) is 0 Å². The van der Waals surface area contributed by atoms with Crippen molar-refractivity contribution in [3.05, 3.63) is 36.0 Å². The molecule has 2 aromatic rings. The summed E-state index contributed by atoms with van der Waals surface area (Å²) in [5.74, 6) is 0.874. The summed E-state index contributed by atoms with van der Waals surface area (Å²) in [7, 11) is 0. The fraction of sp³-hybridized carbons (Fsp3) is 0.591. The summed E-state index contributed by atoms with van der Waals surface area (Å²) >= 11 is 0. The van der Waals surface area contributed by atoms with Crippen molar-refractivity contribution in [3.8, 4) is 0 Å². The molecule has 0 aliphatic carbocycles. The Morgan fingerprint density at radius 3 is 3.00 bits per heavy atom. The first-order valence-electron chi connectivity index (χ1n) is 10.4. The number of nitrogens with one attached hydrogen (secondary N) is 2. The van der Waals surface area contributed by atoms with Gasteiger partial charge in [-0.25, -0.2) is 0 Å². The average molecular weight is 354 g/mol. The van der Waals surface area contributed by atoms with Crippen LogP contribution in [0.4, 0.5) is 0 Å². The molecule has 1 aromatic carbocycles. The molecule has 2 aliphatic rings. The molecule has 2 N–H and O–H groups in total. The zero-order valence-electron chi connectivity index (χ0n) is 15.7. The molecular formula is C22H31N3O. The van der Waals surface area contributed by atoms with Crippen LogP contribution in [0.3, 0.4) is 0 Å². The van der Waals surface area contributed by atoms with Crippen LogP contribution in [-0.2, 0) is 11.2 Å². The Balaban J connectivity index is 1.22. The number of hydrogen-bond acceptors (Lipinski definition) is 2. The van der Waals surface area contributed by atoms with Crippen LogP contribution in [0, 0.1) is 5.92 Å². The van der Waals surface area contributed by atoms with E-state index >= 15 is 0 Å². The van der Waals surface area contributed by atoms with Gasteiger partial charge in [0.2, 0.25) is 5.91 Å². The lowest BCUT2D eigenvalue weighted by Crippen LogP contribution is -2.50. The van der Waals surface area contributed by atoms with Crippen molar-refractivity contribution in [2.45, 2.75) is 57.4 Å². The summed E-state index contributed by atoms with van der Waals surface area (Å²) in [5.41, 5.74) is 2.50. The van der Waals surface area contributed by atoms with Crippen LogP contribution < -0.4 is 5.32 Å². The van der Waals surface area contributed by atoms with Crippen molar-refractivity contribution in [1.29, 1.82) is 0 Å². The summed E-state index contributed by atoms with van der Waals surface area (Å²) in [5, 5.41) is 4.51. The Morgan fingerprint density at radius 1 is 1.15 bits per heavy atom. The molecule has 140 valence electrons. The monoisotopic (exact) mass is 353 g/mol. The number of aromatic nitrogens is 1. The summed E-state index contributed by atoms with van der Waals surface area (Å²) in [6, 6.07) is 9.09. The highest BCUT2D eigenvalue weighted by Gasteiger charge is 2.32. The summed E-state index contributed by atoms with van der Waals surface area (Å²) in [6.07, 6.45) is 11.2. The fourth-order valence-corrected chi connectivity index (χ4v) is 4.93. The first-order chi connectivity index (χ1) is 12.8. The largest absolute Gasteiger partial charge is 0.361 e. The van der Waals surface area contributed by atoms with Gasteiger partial charge in [0.1, 0.15) is 0 Å². The molecule has 0 radical (unpaired) electrons. The molecule has 1 amide bonds. The molecule has 2 aliphatic heterocycles. The molecule has 4 rings (SSSR count). The van der Waals surface area contributed by atoms with E-state index in [0.717, 1.165) is 19.4 Å². The number of hydrogen-bond donors (Lipinski definition) is 2. The van der Waals surface area contributed by atoms with Crippen LogP contribution in [0.15, 0.2) is 30.5 Å². The average Bonchev–Trinajstić information content (AvgIpc) is 3.09. The number of carbonyl (C=O) groups excluding carboxylic acids is 1. The highest BCUT2D eigenvalue weighted by atomic mass is 16.1. The maximum Gasteiger partial charge on any atom is 0.220 e. The van der Waals surface area contributed by atoms with Crippen LogP contribution in [0.5, 0.6) is 0 Å². The van der Waals surface area contributed by atoms with Crippen LogP contribution >= 0.6 is 0 Å². The van der Waals surface area contributed by atoms with E-state index in [9.17, 15) is 4.79 Å². The van der Waals surface area contributed by atoms with Gasteiger partial charge in [-0.2, -0.15) is 0 Å². The van der Waals surface area contributed by atoms with Gasteiger partial charge in [0.25, 0.3) is 0 Å². The molecule has 2 saturated heterocycles. The van der Waals surface area contributed by atoms with E-state index in [1.54, 1.807) is 0 Å². The van der Waals surface area contributed by atoms with E-state index in [0.29, 0.717) is 18.4 Å². The standard InChI is InChI=1S/C22H31N3O/c26-22(12-5-7-17-15-23-20-10-2-1-9-19(17)20)24-16-18-8-6-14-25-13-4-3-11-21(18)25/h1-2,9-10,15,18,21,23H,3-8,11-14,16H2,(H,24,26). The molecule has 0 bridgehead atoms. The number of H-pyrrole nitrogens is 1. The van der Waals surface area contributed by atoms with Gasteiger partial charge in [0, 0.05) is 36.1 Å². The van der Waals surface area contributed by atoms with E-state index in [1.807, 2.05) is 0 Å². The second kappa shape index (κ2) is 8.26. The van der Waals surface area contributed by atoms with E-state index in [1.165, 1.54) is 61.7 Å². The van der Waals surface area contributed by atoms with Gasteiger partial charge in [-0.3, -0.25) is 4.79 Å². The minimum atomic E-state index is 0.220. The van der Waals surface area contributed by atoms with Crippen molar-refractivity contribution in [2.75, 3.05) is 19.6 Å². The van der Waals surface area contributed by atoms with E-state index in [2.05, 4.69) is 45.7 Å². The Kier molecular flexibility index (Phi) is 5.59. The summed E-state index contributed by atoms with van der Waals surface area (Å²) < 4.78 is 0. The van der Waals surface area contributed by atoms with Gasteiger partial charge in [-0.15, -0.1) is 0 Å². The second-order valence-corrected chi connectivity index (χ2v) is 8.02. The maximum atomic E-state index is 12.3. The van der Waals surface area contributed by atoms with Gasteiger partial charge >= 0.3 is 0 Å². The molecule has 4 nitrogen and oxygen atoms in total. The number of benzene rings is 1. The van der Waals surface area contributed by atoms with Crippen LogP contribution in [0.1, 0.15) is 50.5 Å². The number of aryl methyl sites for hydroxylation is 1. The number of rotatable bonds is 6. The smallest absolute Gasteiger partial charge is 0.220 e. The van der Waals surface area contributed by atoms with Crippen molar-refractivity contribution in [1.82, 2.24) is 15.2 Å². The first-order valence-corrected chi connectivity index (χ1v) is 10.4. The molecule has 2 unspecified atom stereocenters. The van der Waals surface area contributed by atoms with E-state index in [4.69, 9.17) is 0 Å². The number of amides is 1. The number of aromatic amines is 1. The minimum absolute atomic E-state index is 0.220. The number of piperidine rings is 2. The van der Waals surface area contributed by atoms with Crippen LogP contribution in [0.2, 0.25) is 0 Å². The number of fused-ring (bicyclic) bond motifs is 2. The van der Waals surface area contributed by atoms with Gasteiger partial charge in [-0.05, 0) is 69.2 Å². The predicted octanol–water partition coefficient (Wildman–Crippen LogP) is 3.87. The fourth-order valence-electron chi connectivity index (χ4n) is 4.93. The molecule has 4 heteroatoms. The quantitative estimate of drug-likeness (QED) is 0.828. The summed E-state index contributed by atoms with van der Waals surface area (Å²) in [4.78, 5) is 18.3. The van der Waals surface area contributed by atoms with Crippen molar-refractivity contribution in [3.63, 3.8) is 0 Å². The van der Waals surface area contributed by atoms with Crippen molar-refractivity contribution >= 4 is 16.8 Å². The molecule has 26 heavy (non-hydrogen) atoms. The Bertz CT molecular complexity index is 736. The number of carbonyl (C=O) groups is 1. The van der Waals surface area contributed by atoms with Gasteiger partial charge < -0.3 is 15.2 Å². The third kappa shape index (κ3) is 3.96. The Labute approximate surface area is 156 Å². The van der Waals surface area contributed by atoms with E-state index in [-0.39, 0.29) is 5.91 Å². The highest BCUT2D eigenvalue weighted by Crippen LogP contribution is 2.30. The lowest BCUT2D eigenvalue weighted by atomic mass is 9.83. The molecule has 2 fully saturated rings. The van der Waals surface area contributed by atoms with Crippen molar-refractivity contribution < 1.29 is 4.79 Å². The molecule has 3 heterocycles. The second-order valence-electron chi connectivity index (χ2n) is 8.02. The number of nitrogens with zero attached hydrogens (tertiary/aromatic N) is 1. The summed E-state index contributed by atoms with van der Waals surface area (Å²) in [6.45, 7) is 3.40. The molecular weight excluding hydrogens is 322 g/mol. The highest BCUT2D eigenvalue weighted by molar-refractivity contribution is 5.83. The van der Waals surface area contributed by atoms with E-state index < -0.39 is 0 Å². The zero-order valence-corrected chi connectivity index (χ0v) is 15.7. The SMILES string of the molecule is O=C(CCCc1c[nH]c2ccccc12)NCC1CCCN2CCCCC12. The first kappa shape index (κ1) is 17.6. The number of para-hydroxylation sites is 1. The van der Waals surface area contributed by atoms with Gasteiger partial charge in [-0.1, -0.05) is 24.6 Å². The normalized spacial score (nSPS) is 23.7. The molecule has 2 atom stereocenters. The minimum Gasteiger partial charge on any atom is -0.361 e. The van der Waals surface area contributed by atoms with Crippen molar-refractivity contribution in [2.24, 2.45) is 5.92 Å². The molecule has 0 saturated carbocycles. The lowest BCUT2D eigenvalue weighted by molar-refractivity contribution is -0.121. The molecule has 0 spiro atoms. The third-order valence-corrected chi connectivity index (χ3v) is 6.31. The third-order valence-electron chi connectivity index (χ3n) is 6.31. The Morgan fingerprint density at radius 2 is 2.04 bits per heavy atom. The lowest BCUT2D eigenvalue weighted by Gasteiger charge is -2.44. The Hall–Kier alpha value is -1.81. The van der Waals surface area contributed by atoms with Crippen LogP contribution in [0.25, 0.3) is 10.9 Å². The zero-order chi connectivity index (χ0) is 17.8. The topological polar surface area (TPSA) is 48.1 Å². The molecule has 1 aromatic heterocycles.